The molecule has 3 unspecified atom stereocenters. The van der Waals surface area contributed by atoms with Crippen LogP contribution in [0.3, 0.4) is 0 Å². The van der Waals surface area contributed by atoms with Gasteiger partial charge in [-0.15, -0.1) is 0 Å². The predicted molar refractivity (Wildman–Crippen MR) is 70.3 cm³/mol. The smallest absolute Gasteiger partial charge is 0.321 e. The standard InChI is InChI=1S/C16H12O6/c17-12-6-10(14(18)21-12)9-5-11-13(16(20)22-15(11)19)8-4-2-1-3-7(8)9/h1-4,9-11,13H,5-6H2/t9?,10?,11?,13-/m0/s1. The zero-order chi connectivity index (χ0) is 15.4. The first-order valence-electron chi connectivity index (χ1n) is 7.15. The highest BCUT2D eigenvalue weighted by Gasteiger charge is 2.53. The highest BCUT2D eigenvalue weighted by Crippen LogP contribution is 2.50. The fourth-order valence-corrected chi connectivity index (χ4v) is 3.83. The molecule has 6 heteroatoms. The predicted octanol–water partition coefficient (Wildman–Crippen LogP) is 1.05. The second kappa shape index (κ2) is 4.50. The third kappa shape index (κ3) is 1.73. The molecule has 2 saturated heterocycles. The molecule has 112 valence electrons. The Morgan fingerprint density at radius 2 is 1.45 bits per heavy atom. The normalized spacial score (nSPS) is 33.3. The van der Waals surface area contributed by atoms with Crippen LogP contribution in [0, 0.1) is 11.8 Å². The Labute approximate surface area is 125 Å². The summed E-state index contributed by atoms with van der Waals surface area (Å²) in [5, 5.41) is 0. The largest absolute Gasteiger partial charge is 0.393 e. The molecule has 2 fully saturated rings. The van der Waals surface area contributed by atoms with Crippen molar-refractivity contribution < 1.29 is 28.7 Å². The van der Waals surface area contributed by atoms with Gasteiger partial charge in [-0.3, -0.25) is 19.2 Å². The highest BCUT2D eigenvalue weighted by atomic mass is 16.6. The zero-order valence-corrected chi connectivity index (χ0v) is 11.5. The molecule has 1 aromatic carbocycles. The summed E-state index contributed by atoms with van der Waals surface area (Å²) in [6.45, 7) is 0. The number of esters is 4. The van der Waals surface area contributed by atoms with E-state index < -0.39 is 41.6 Å². The van der Waals surface area contributed by atoms with Crippen LogP contribution >= 0.6 is 0 Å². The van der Waals surface area contributed by atoms with Crippen molar-refractivity contribution in [2.24, 2.45) is 11.8 Å². The van der Waals surface area contributed by atoms with E-state index in [1.54, 1.807) is 12.1 Å². The van der Waals surface area contributed by atoms with E-state index in [-0.39, 0.29) is 12.3 Å². The molecule has 0 bridgehead atoms. The number of hydrogen-bond donors (Lipinski definition) is 0. The monoisotopic (exact) mass is 300 g/mol. The molecule has 0 spiro atoms. The van der Waals surface area contributed by atoms with E-state index in [0.29, 0.717) is 12.0 Å². The summed E-state index contributed by atoms with van der Waals surface area (Å²) in [5.74, 6) is -4.28. The molecule has 3 aliphatic rings. The van der Waals surface area contributed by atoms with Gasteiger partial charge in [-0.25, -0.2) is 0 Å². The summed E-state index contributed by atoms with van der Waals surface area (Å²) in [7, 11) is 0. The van der Waals surface area contributed by atoms with Crippen molar-refractivity contribution in [3.63, 3.8) is 0 Å². The number of benzene rings is 1. The van der Waals surface area contributed by atoms with Crippen molar-refractivity contribution in [1.29, 1.82) is 0 Å². The summed E-state index contributed by atoms with van der Waals surface area (Å²) >= 11 is 0. The van der Waals surface area contributed by atoms with Crippen LogP contribution in [0.15, 0.2) is 24.3 Å². The molecule has 22 heavy (non-hydrogen) atoms. The minimum atomic E-state index is -0.604. The Bertz CT molecular complexity index is 721. The second-order valence-electron chi connectivity index (χ2n) is 5.90. The van der Waals surface area contributed by atoms with Crippen molar-refractivity contribution in [2.75, 3.05) is 0 Å². The SMILES string of the molecule is O=C1CC(C2CC3C(=O)OC(=O)[C@H]3c3ccccc32)C(=O)O1. The number of ether oxygens (including phenoxy) is 2. The van der Waals surface area contributed by atoms with E-state index in [4.69, 9.17) is 4.74 Å². The molecule has 0 aromatic heterocycles. The van der Waals surface area contributed by atoms with Crippen molar-refractivity contribution in [2.45, 2.75) is 24.7 Å². The van der Waals surface area contributed by atoms with E-state index in [9.17, 15) is 19.2 Å². The van der Waals surface area contributed by atoms with Crippen LogP contribution in [-0.4, -0.2) is 23.9 Å². The zero-order valence-electron chi connectivity index (χ0n) is 11.5. The number of rotatable bonds is 1. The van der Waals surface area contributed by atoms with Crippen LogP contribution in [0.4, 0.5) is 0 Å². The maximum Gasteiger partial charge on any atom is 0.321 e. The molecule has 0 N–H and O–H groups in total. The lowest BCUT2D eigenvalue weighted by atomic mass is 9.67. The third-order valence-corrected chi connectivity index (χ3v) is 4.79. The molecule has 2 heterocycles. The summed E-state index contributed by atoms with van der Waals surface area (Å²) in [6, 6.07) is 7.21. The van der Waals surface area contributed by atoms with E-state index in [1.807, 2.05) is 12.1 Å². The number of fused-ring (bicyclic) bond motifs is 3. The number of cyclic esters (lactones) is 4. The molecule has 0 saturated carbocycles. The van der Waals surface area contributed by atoms with E-state index in [2.05, 4.69) is 4.74 Å². The second-order valence-corrected chi connectivity index (χ2v) is 5.90. The fraction of sp³-hybridized carbons (Fsp3) is 0.375. The summed E-state index contributed by atoms with van der Waals surface area (Å²) in [6.07, 6.45) is 0.331. The molecule has 0 amide bonds. The lowest BCUT2D eigenvalue weighted by molar-refractivity contribution is -0.155. The van der Waals surface area contributed by atoms with Crippen LogP contribution in [0.25, 0.3) is 0 Å². The van der Waals surface area contributed by atoms with E-state index in [1.165, 1.54) is 0 Å². The Morgan fingerprint density at radius 1 is 0.773 bits per heavy atom. The Kier molecular flexibility index (Phi) is 2.69. The molecule has 2 aliphatic heterocycles. The van der Waals surface area contributed by atoms with Crippen LogP contribution in [0.2, 0.25) is 0 Å². The van der Waals surface area contributed by atoms with Gasteiger partial charge in [0.2, 0.25) is 0 Å². The minimum absolute atomic E-state index is 0.0121. The molecule has 0 radical (unpaired) electrons. The van der Waals surface area contributed by atoms with Gasteiger partial charge in [-0.2, -0.15) is 0 Å². The van der Waals surface area contributed by atoms with Gasteiger partial charge >= 0.3 is 23.9 Å². The molecule has 4 rings (SSSR count). The van der Waals surface area contributed by atoms with Crippen molar-refractivity contribution in [3.05, 3.63) is 35.4 Å². The minimum Gasteiger partial charge on any atom is -0.393 e. The first kappa shape index (κ1) is 13.2. The van der Waals surface area contributed by atoms with E-state index in [0.717, 1.165) is 5.56 Å². The number of carbonyl (C=O) groups is 4. The van der Waals surface area contributed by atoms with Gasteiger partial charge < -0.3 is 9.47 Å². The first-order chi connectivity index (χ1) is 10.6. The average Bonchev–Trinajstić information content (AvgIpc) is 2.97. The quantitative estimate of drug-likeness (QED) is 0.569. The number of hydrogen-bond acceptors (Lipinski definition) is 6. The summed E-state index contributed by atoms with van der Waals surface area (Å²) in [5.41, 5.74) is 1.54. The van der Waals surface area contributed by atoms with Gasteiger partial charge in [0.1, 0.15) is 0 Å². The van der Waals surface area contributed by atoms with Gasteiger partial charge in [0, 0.05) is 0 Å². The average molecular weight is 300 g/mol. The summed E-state index contributed by atoms with van der Waals surface area (Å²) in [4.78, 5) is 47.1. The molecule has 4 atom stereocenters. The van der Waals surface area contributed by atoms with Gasteiger partial charge in [0.25, 0.3) is 0 Å². The topological polar surface area (TPSA) is 86.7 Å². The van der Waals surface area contributed by atoms with Gasteiger partial charge in [0.05, 0.1) is 24.2 Å². The third-order valence-electron chi connectivity index (χ3n) is 4.79. The van der Waals surface area contributed by atoms with Crippen LogP contribution in [0.5, 0.6) is 0 Å². The van der Waals surface area contributed by atoms with Crippen molar-refractivity contribution >= 4 is 23.9 Å². The lowest BCUT2D eigenvalue weighted by Gasteiger charge is -2.32. The van der Waals surface area contributed by atoms with Gasteiger partial charge in [-0.1, -0.05) is 24.3 Å². The van der Waals surface area contributed by atoms with Crippen LogP contribution in [0.1, 0.15) is 35.8 Å². The summed E-state index contributed by atoms with van der Waals surface area (Å²) < 4.78 is 9.40. The maximum absolute atomic E-state index is 11.9. The van der Waals surface area contributed by atoms with Gasteiger partial charge in [-0.05, 0) is 23.5 Å². The molecular weight excluding hydrogens is 288 g/mol. The highest BCUT2D eigenvalue weighted by molar-refractivity contribution is 6.01. The molecular formula is C16H12O6. The van der Waals surface area contributed by atoms with Crippen molar-refractivity contribution in [3.8, 4) is 0 Å². The molecule has 1 aliphatic carbocycles. The Hall–Kier alpha value is -2.50. The van der Waals surface area contributed by atoms with Crippen LogP contribution in [-0.2, 0) is 28.7 Å². The number of carbonyl (C=O) groups excluding carboxylic acids is 4. The van der Waals surface area contributed by atoms with Crippen LogP contribution < -0.4 is 0 Å². The lowest BCUT2D eigenvalue weighted by Crippen LogP contribution is -2.31. The fourth-order valence-electron chi connectivity index (χ4n) is 3.83. The van der Waals surface area contributed by atoms with Crippen molar-refractivity contribution in [1.82, 2.24) is 0 Å². The molecule has 1 aromatic rings. The van der Waals surface area contributed by atoms with E-state index >= 15 is 0 Å². The Morgan fingerprint density at radius 3 is 2.14 bits per heavy atom. The maximum atomic E-state index is 11.9. The Balaban J connectivity index is 1.81. The first-order valence-corrected chi connectivity index (χ1v) is 7.15. The molecule has 6 nitrogen and oxygen atoms in total. The van der Waals surface area contributed by atoms with Gasteiger partial charge in [0.15, 0.2) is 0 Å².